The number of hydrogen-bond donors (Lipinski definition) is 1. The van der Waals surface area contributed by atoms with Gasteiger partial charge in [0.25, 0.3) is 0 Å². The number of thiophene rings is 1. The third-order valence-corrected chi connectivity index (χ3v) is 5.01. The third-order valence-electron chi connectivity index (χ3n) is 2.53. The Kier molecular flexibility index (Phi) is 5.01. The van der Waals surface area contributed by atoms with E-state index in [1.54, 1.807) is 6.07 Å². The molecule has 0 radical (unpaired) electrons. The van der Waals surface area contributed by atoms with Crippen LogP contribution in [0.15, 0.2) is 28.7 Å². The SMILES string of the molecule is COC(=O)c1cc(NCc2cc(Br)c(Cl)s2)ccc1F. The Labute approximate surface area is 132 Å². The summed E-state index contributed by atoms with van der Waals surface area (Å²) in [5.74, 6) is -1.31. The second-order valence-corrected chi connectivity index (χ2v) is 6.47. The van der Waals surface area contributed by atoms with E-state index in [4.69, 9.17) is 11.6 Å². The van der Waals surface area contributed by atoms with E-state index >= 15 is 0 Å². The first-order valence-electron chi connectivity index (χ1n) is 5.56. The molecule has 0 aliphatic carbocycles. The smallest absolute Gasteiger partial charge is 0.340 e. The van der Waals surface area contributed by atoms with Gasteiger partial charge >= 0.3 is 5.97 Å². The van der Waals surface area contributed by atoms with E-state index in [1.165, 1.54) is 30.6 Å². The van der Waals surface area contributed by atoms with Gasteiger partial charge in [0.05, 0.1) is 12.7 Å². The van der Waals surface area contributed by atoms with E-state index < -0.39 is 11.8 Å². The largest absolute Gasteiger partial charge is 0.465 e. The predicted octanol–water partition coefficient (Wildman–Crippen LogP) is 4.70. The molecule has 0 saturated heterocycles. The number of rotatable bonds is 4. The zero-order valence-electron chi connectivity index (χ0n) is 10.4. The topological polar surface area (TPSA) is 38.3 Å². The summed E-state index contributed by atoms with van der Waals surface area (Å²) in [4.78, 5) is 12.4. The number of nitrogens with one attached hydrogen (secondary N) is 1. The Hall–Kier alpha value is -1.11. The molecular weight excluding hydrogens is 369 g/mol. The Morgan fingerprint density at radius 3 is 2.85 bits per heavy atom. The fourth-order valence-electron chi connectivity index (χ4n) is 1.57. The number of methoxy groups -OCH3 is 1. The van der Waals surface area contributed by atoms with Crippen molar-refractivity contribution < 1.29 is 13.9 Å². The van der Waals surface area contributed by atoms with Crippen LogP contribution >= 0.6 is 38.9 Å². The van der Waals surface area contributed by atoms with Crippen LogP contribution in [0.1, 0.15) is 15.2 Å². The van der Waals surface area contributed by atoms with Gasteiger partial charge in [-0.3, -0.25) is 0 Å². The fraction of sp³-hybridized carbons (Fsp3) is 0.154. The number of hydrogen-bond acceptors (Lipinski definition) is 4. The van der Waals surface area contributed by atoms with Crippen molar-refractivity contribution in [3.63, 3.8) is 0 Å². The molecule has 7 heteroatoms. The van der Waals surface area contributed by atoms with Gasteiger partial charge in [0.2, 0.25) is 0 Å². The summed E-state index contributed by atoms with van der Waals surface area (Å²) in [5, 5.41) is 3.10. The molecule has 0 aliphatic rings. The first kappa shape index (κ1) is 15.3. The zero-order valence-corrected chi connectivity index (χ0v) is 13.5. The van der Waals surface area contributed by atoms with Crippen LogP contribution in [0.3, 0.4) is 0 Å². The maximum Gasteiger partial charge on any atom is 0.340 e. The molecule has 2 rings (SSSR count). The highest BCUT2D eigenvalue weighted by molar-refractivity contribution is 9.10. The molecule has 0 fully saturated rings. The number of ether oxygens (including phenoxy) is 1. The molecule has 2 aromatic rings. The summed E-state index contributed by atoms with van der Waals surface area (Å²) in [6, 6.07) is 6.12. The molecule has 20 heavy (non-hydrogen) atoms. The maximum atomic E-state index is 13.5. The average Bonchev–Trinajstić information content (AvgIpc) is 2.76. The lowest BCUT2D eigenvalue weighted by Crippen LogP contribution is -2.06. The highest BCUT2D eigenvalue weighted by Crippen LogP contribution is 2.32. The number of carbonyl (C=O) groups is 1. The first-order valence-corrected chi connectivity index (χ1v) is 7.55. The van der Waals surface area contributed by atoms with E-state index in [-0.39, 0.29) is 5.56 Å². The normalized spacial score (nSPS) is 10.4. The second-order valence-electron chi connectivity index (χ2n) is 3.87. The minimum absolute atomic E-state index is 0.0945. The number of halogens is 3. The Morgan fingerprint density at radius 2 is 2.25 bits per heavy atom. The van der Waals surface area contributed by atoms with Crippen LogP contribution in [0.5, 0.6) is 0 Å². The van der Waals surface area contributed by atoms with E-state index in [2.05, 4.69) is 26.0 Å². The van der Waals surface area contributed by atoms with Crippen LogP contribution < -0.4 is 5.32 Å². The molecule has 0 saturated carbocycles. The lowest BCUT2D eigenvalue weighted by Gasteiger charge is -2.07. The van der Waals surface area contributed by atoms with Gasteiger partial charge in [0.1, 0.15) is 10.2 Å². The minimum Gasteiger partial charge on any atom is -0.465 e. The monoisotopic (exact) mass is 377 g/mol. The summed E-state index contributed by atoms with van der Waals surface area (Å²) < 4.78 is 19.5. The highest BCUT2D eigenvalue weighted by Gasteiger charge is 2.13. The number of carbonyl (C=O) groups excluding carboxylic acids is 1. The molecule has 1 aromatic carbocycles. The molecule has 1 N–H and O–H groups in total. The van der Waals surface area contributed by atoms with Crippen LogP contribution in [0, 0.1) is 5.82 Å². The Morgan fingerprint density at radius 1 is 1.50 bits per heavy atom. The lowest BCUT2D eigenvalue weighted by molar-refractivity contribution is 0.0595. The van der Waals surface area contributed by atoms with E-state index in [9.17, 15) is 9.18 Å². The van der Waals surface area contributed by atoms with Crippen LogP contribution in [0.2, 0.25) is 4.34 Å². The molecule has 1 heterocycles. The Balaban J connectivity index is 2.12. The van der Waals surface area contributed by atoms with Gasteiger partial charge < -0.3 is 10.1 Å². The minimum atomic E-state index is -0.701. The first-order chi connectivity index (χ1) is 9.51. The van der Waals surface area contributed by atoms with Gasteiger partial charge in [-0.1, -0.05) is 11.6 Å². The van der Waals surface area contributed by atoms with Gasteiger partial charge in [-0.15, -0.1) is 11.3 Å². The van der Waals surface area contributed by atoms with Crippen LogP contribution in [0.4, 0.5) is 10.1 Å². The molecule has 0 bridgehead atoms. The highest BCUT2D eigenvalue weighted by atomic mass is 79.9. The molecular formula is C13H10BrClFNO2S. The number of benzene rings is 1. The molecule has 106 valence electrons. The molecule has 0 amide bonds. The van der Waals surface area contributed by atoms with Crippen molar-refractivity contribution in [1.82, 2.24) is 0 Å². The quantitative estimate of drug-likeness (QED) is 0.784. The summed E-state index contributed by atoms with van der Waals surface area (Å²) in [7, 11) is 1.22. The van der Waals surface area contributed by atoms with Crippen molar-refractivity contribution in [3.05, 3.63) is 49.3 Å². The van der Waals surface area contributed by atoms with Crippen molar-refractivity contribution >= 4 is 50.5 Å². The molecule has 0 spiro atoms. The van der Waals surface area contributed by atoms with Gasteiger partial charge in [-0.25, -0.2) is 9.18 Å². The van der Waals surface area contributed by atoms with Gasteiger partial charge in [0, 0.05) is 21.6 Å². The third kappa shape index (κ3) is 3.50. The summed E-state index contributed by atoms with van der Waals surface area (Å²) in [6.45, 7) is 0.530. The summed E-state index contributed by atoms with van der Waals surface area (Å²) in [5.41, 5.74) is 0.537. The van der Waals surface area contributed by atoms with Gasteiger partial charge in [0.15, 0.2) is 0 Å². The summed E-state index contributed by atoms with van der Waals surface area (Å²) in [6.07, 6.45) is 0. The van der Waals surface area contributed by atoms with E-state index in [1.807, 2.05) is 6.07 Å². The van der Waals surface area contributed by atoms with Crippen LogP contribution in [-0.2, 0) is 11.3 Å². The van der Waals surface area contributed by atoms with Crippen molar-refractivity contribution in [2.45, 2.75) is 6.54 Å². The Bertz CT molecular complexity index is 628. The second kappa shape index (κ2) is 6.56. The number of esters is 1. The molecule has 0 unspecified atom stereocenters. The summed E-state index contributed by atoms with van der Waals surface area (Å²) >= 11 is 10.7. The van der Waals surface area contributed by atoms with Crippen molar-refractivity contribution in [2.24, 2.45) is 0 Å². The standard InChI is InChI=1S/C13H10BrClFNO2S/c1-19-13(18)9-4-7(2-3-11(9)16)17-6-8-5-10(14)12(15)20-8/h2-5,17H,6H2,1H3. The molecule has 1 aromatic heterocycles. The maximum absolute atomic E-state index is 13.5. The predicted molar refractivity (Wildman–Crippen MR) is 82.1 cm³/mol. The molecule has 0 aliphatic heterocycles. The van der Waals surface area contributed by atoms with Crippen molar-refractivity contribution in [2.75, 3.05) is 12.4 Å². The number of anilines is 1. The van der Waals surface area contributed by atoms with Crippen LogP contribution in [0.25, 0.3) is 0 Å². The zero-order chi connectivity index (χ0) is 14.7. The van der Waals surface area contributed by atoms with Crippen molar-refractivity contribution in [3.8, 4) is 0 Å². The van der Waals surface area contributed by atoms with Crippen LogP contribution in [-0.4, -0.2) is 13.1 Å². The lowest BCUT2D eigenvalue weighted by atomic mass is 10.2. The van der Waals surface area contributed by atoms with Gasteiger partial charge in [-0.05, 0) is 40.2 Å². The van der Waals surface area contributed by atoms with Crippen molar-refractivity contribution in [1.29, 1.82) is 0 Å². The fourth-order valence-corrected chi connectivity index (χ4v) is 3.30. The molecule has 3 nitrogen and oxygen atoms in total. The van der Waals surface area contributed by atoms with E-state index in [0.717, 1.165) is 9.35 Å². The van der Waals surface area contributed by atoms with Gasteiger partial charge in [-0.2, -0.15) is 0 Å². The molecule has 0 atom stereocenters. The average molecular weight is 379 g/mol. The van der Waals surface area contributed by atoms with E-state index in [0.29, 0.717) is 16.6 Å².